The molecule has 1 amide bonds. The Hall–Kier alpha value is -2.71. The van der Waals surface area contributed by atoms with E-state index in [9.17, 15) is 4.79 Å². The van der Waals surface area contributed by atoms with Crippen molar-refractivity contribution in [2.75, 3.05) is 18.2 Å². The number of amides is 1. The van der Waals surface area contributed by atoms with Gasteiger partial charge in [-0.05, 0) is 38.1 Å². The molecule has 0 aliphatic heterocycles. The molecule has 0 radical (unpaired) electrons. The van der Waals surface area contributed by atoms with E-state index in [1.807, 2.05) is 54.8 Å². The van der Waals surface area contributed by atoms with Crippen LogP contribution in [0.1, 0.15) is 25.8 Å². The van der Waals surface area contributed by atoms with Gasteiger partial charge in [0, 0.05) is 12.6 Å². The van der Waals surface area contributed by atoms with Crippen molar-refractivity contribution in [3.05, 3.63) is 59.4 Å². The Labute approximate surface area is 184 Å². The molecule has 0 bridgehead atoms. The number of rotatable bonds is 9. The molecule has 1 N–H and O–H groups in total. The number of hydrogen-bond acceptors (Lipinski definition) is 6. The molecule has 1 aromatic heterocycles. The van der Waals surface area contributed by atoms with Crippen molar-refractivity contribution >= 4 is 35.0 Å². The Balaban J connectivity index is 1.64. The lowest BCUT2D eigenvalue weighted by Gasteiger charge is -2.16. The molecule has 3 aromatic rings. The van der Waals surface area contributed by atoms with Crippen LogP contribution in [0.4, 0.5) is 5.69 Å². The topological polar surface area (TPSA) is 78.3 Å². The first-order valence-electron chi connectivity index (χ1n) is 9.42. The number of carbonyl (C=O) groups excluding carboxylic acids is 1. The number of methoxy groups -OCH3 is 1. The lowest BCUT2D eigenvalue weighted by Crippen LogP contribution is -2.15. The first-order valence-corrected chi connectivity index (χ1v) is 10.8. The van der Waals surface area contributed by atoms with Gasteiger partial charge in [0.2, 0.25) is 5.91 Å². The third kappa shape index (κ3) is 5.46. The number of nitrogens with zero attached hydrogens (tertiary/aromatic N) is 3. The first kappa shape index (κ1) is 22.0. The molecule has 30 heavy (non-hydrogen) atoms. The first-order chi connectivity index (χ1) is 14.5. The average Bonchev–Trinajstić information content (AvgIpc) is 3.17. The van der Waals surface area contributed by atoms with E-state index < -0.39 is 0 Å². The SMILES string of the molecule is CCn1c(SCC(=O)Nc2ccccc2Cl)nnc1C(C)Oc1cccc(OC)c1. The molecule has 0 saturated carbocycles. The molecule has 0 aliphatic carbocycles. The van der Waals surface area contributed by atoms with Gasteiger partial charge in [-0.15, -0.1) is 10.2 Å². The van der Waals surface area contributed by atoms with Crippen molar-refractivity contribution < 1.29 is 14.3 Å². The Bertz CT molecular complexity index is 1010. The maximum atomic E-state index is 12.3. The summed E-state index contributed by atoms with van der Waals surface area (Å²) in [6.07, 6.45) is -0.323. The van der Waals surface area contributed by atoms with E-state index in [4.69, 9.17) is 21.1 Å². The maximum Gasteiger partial charge on any atom is 0.234 e. The number of nitrogens with one attached hydrogen (secondary N) is 1. The second-order valence-corrected chi connectivity index (χ2v) is 7.69. The van der Waals surface area contributed by atoms with Crippen LogP contribution < -0.4 is 14.8 Å². The number of benzene rings is 2. The predicted molar refractivity (Wildman–Crippen MR) is 119 cm³/mol. The van der Waals surface area contributed by atoms with Gasteiger partial charge in [-0.2, -0.15) is 0 Å². The number of anilines is 1. The molecule has 2 aromatic carbocycles. The third-order valence-electron chi connectivity index (χ3n) is 4.26. The van der Waals surface area contributed by atoms with Crippen LogP contribution in [0, 0.1) is 0 Å². The minimum absolute atomic E-state index is 0.166. The van der Waals surface area contributed by atoms with Gasteiger partial charge in [0.05, 0.1) is 23.6 Å². The van der Waals surface area contributed by atoms with Gasteiger partial charge in [0.25, 0.3) is 0 Å². The molecule has 0 fully saturated rings. The summed E-state index contributed by atoms with van der Waals surface area (Å²) in [5.74, 6) is 2.11. The van der Waals surface area contributed by atoms with Crippen LogP contribution in [-0.2, 0) is 11.3 Å². The molecule has 158 valence electrons. The highest BCUT2D eigenvalue weighted by molar-refractivity contribution is 7.99. The smallest absolute Gasteiger partial charge is 0.234 e. The van der Waals surface area contributed by atoms with Crippen LogP contribution in [0.25, 0.3) is 0 Å². The van der Waals surface area contributed by atoms with Crippen molar-refractivity contribution in [2.24, 2.45) is 0 Å². The predicted octanol–water partition coefficient (Wildman–Crippen LogP) is 4.83. The maximum absolute atomic E-state index is 12.3. The molecule has 0 spiro atoms. The zero-order valence-corrected chi connectivity index (χ0v) is 18.5. The lowest BCUT2D eigenvalue weighted by atomic mass is 10.3. The van der Waals surface area contributed by atoms with Crippen LogP contribution in [0.5, 0.6) is 11.5 Å². The quantitative estimate of drug-likeness (QED) is 0.474. The van der Waals surface area contributed by atoms with Crippen LogP contribution in [-0.4, -0.2) is 33.5 Å². The van der Waals surface area contributed by atoms with E-state index in [0.29, 0.717) is 34.0 Å². The van der Waals surface area contributed by atoms with Gasteiger partial charge in [-0.1, -0.05) is 41.6 Å². The second kappa shape index (κ2) is 10.4. The number of aromatic nitrogens is 3. The van der Waals surface area contributed by atoms with Gasteiger partial charge in [-0.3, -0.25) is 4.79 Å². The Morgan fingerprint density at radius 2 is 1.97 bits per heavy atom. The van der Waals surface area contributed by atoms with Gasteiger partial charge in [-0.25, -0.2) is 0 Å². The number of carbonyl (C=O) groups is 1. The standard InChI is InChI=1S/C21H23ClN4O3S/c1-4-26-20(14(2)29-16-9-7-8-15(12-16)28-3)24-25-21(26)30-13-19(27)23-18-11-6-5-10-17(18)22/h5-12,14H,4,13H2,1-3H3,(H,23,27). The van der Waals surface area contributed by atoms with Crippen LogP contribution in [0.3, 0.4) is 0 Å². The van der Waals surface area contributed by atoms with Gasteiger partial charge in [0.15, 0.2) is 17.1 Å². The fraction of sp³-hybridized carbons (Fsp3) is 0.286. The van der Waals surface area contributed by atoms with E-state index in [1.165, 1.54) is 11.8 Å². The summed E-state index contributed by atoms with van der Waals surface area (Å²) in [4.78, 5) is 12.3. The van der Waals surface area contributed by atoms with Gasteiger partial charge < -0.3 is 19.4 Å². The number of halogens is 1. The fourth-order valence-corrected chi connectivity index (χ4v) is 3.81. The van der Waals surface area contributed by atoms with E-state index in [-0.39, 0.29) is 17.8 Å². The Morgan fingerprint density at radius 1 is 1.20 bits per heavy atom. The summed E-state index contributed by atoms with van der Waals surface area (Å²) in [6, 6.07) is 14.5. The monoisotopic (exact) mass is 446 g/mol. The van der Waals surface area contributed by atoms with Crippen LogP contribution in [0.15, 0.2) is 53.7 Å². The number of ether oxygens (including phenoxy) is 2. The summed E-state index contributed by atoms with van der Waals surface area (Å²) >= 11 is 7.40. The van der Waals surface area contributed by atoms with E-state index in [0.717, 1.165) is 5.75 Å². The van der Waals surface area contributed by atoms with E-state index in [1.54, 1.807) is 19.2 Å². The van der Waals surface area contributed by atoms with Crippen LogP contribution >= 0.6 is 23.4 Å². The van der Waals surface area contributed by atoms with Gasteiger partial charge in [0.1, 0.15) is 11.5 Å². The Morgan fingerprint density at radius 3 is 2.70 bits per heavy atom. The molecule has 7 nitrogen and oxygen atoms in total. The number of thioether (sulfide) groups is 1. The van der Waals surface area contributed by atoms with Crippen molar-refractivity contribution in [3.8, 4) is 11.5 Å². The second-order valence-electron chi connectivity index (χ2n) is 6.34. The minimum atomic E-state index is -0.323. The molecule has 9 heteroatoms. The molecule has 1 heterocycles. The zero-order chi connectivity index (χ0) is 21.5. The summed E-state index contributed by atoms with van der Waals surface area (Å²) in [7, 11) is 1.61. The summed E-state index contributed by atoms with van der Waals surface area (Å²) < 4.78 is 13.2. The van der Waals surface area contributed by atoms with Crippen molar-refractivity contribution in [1.29, 1.82) is 0 Å². The third-order valence-corrected chi connectivity index (χ3v) is 5.56. The Kier molecular flexibility index (Phi) is 7.59. The van der Waals surface area contributed by atoms with Crippen LogP contribution in [0.2, 0.25) is 5.02 Å². The lowest BCUT2D eigenvalue weighted by molar-refractivity contribution is -0.113. The van der Waals surface area contributed by atoms with E-state index >= 15 is 0 Å². The molecular formula is C21H23ClN4O3S. The number of hydrogen-bond donors (Lipinski definition) is 1. The summed E-state index contributed by atoms with van der Waals surface area (Å²) in [6.45, 7) is 4.57. The molecule has 1 unspecified atom stereocenters. The van der Waals surface area contributed by atoms with E-state index in [2.05, 4.69) is 15.5 Å². The summed E-state index contributed by atoms with van der Waals surface area (Å²) in [5.41, 5.74) is 0.586. The molecular weight excluding hydrogens is 424 g/mol. The highest BCUT2D eigenvalue weighted by Crippen LogP contribution is 2.27. The van der Waals surface area contributed by atoms with Gasteiger partial charge >= 0.3 is 0 Å². The van der Waals surface area contributed by atoms with Crippen molar-refractivity contribution in [2.45, 2.75) is 31.7 Å². The highest BCUT2D eigenvalue weighted by Gasteiger charge is 2.19. The summed E-state index contributed by atoms with van der Waals surface area (Å²) in [5, 5.41) is 12.5. The zero-order valence-electron chi connectivity index (χ0n) is 17.0. The fourth-order valence-electron chi connectivity index (χ4n) is 2.82. The average molecular weight is 447 g/mol. The molecule has 0 aliphatic rings. The normalized spacial score (nSPS) is 11.7. The molecule has 3 rings (SSSR count). The van der Waals surface area contributed by atoms with Crippen molar-refractivity contribution in [1.82, 2.24) is 14.8 Å². The minimum Gasteiger partial charge on any atom is -0.497 e. The number of para-hydroxylation sites is 1. The molecule has 1 atom stereocenters. The molecule has 0 saturated heterocycles. The highest BCUT2D eigenvalue weighted by atomic mass is 35.5. The largest absolute Gasteiger partial charge is 0.497 e. The van der Waals surface area contributed by atoms with Crippen molar-refractivity contribution in [3.63, 3.8) is 0 Å².